The number of hydrogen-bond acceptors (Lipinski definition) is 7. The zero-order valence-electron chi connectivity index (χ0n) is 14.2. The minimum atomic E-state index is 0.197. The van der Waals surface area contributed by atoms with Gasteiger partial charge in [-0.05, 0) is 30.2 Å². The summed E-state index contributed by atoms with van der Waals surface area (Å²) in [5.41, 5.74) is 0.596. The van der Waals surface area contributed by atoms with Gasteiger partial charge in [-0.3, -0.25) is 9.78 Å². The lowest BCUT2D eigenvalue weighted by Crippen LogP contribution is -2.41. The first kappa shape index (κ1) is 16.8. The first-order valence-corrected chi connectivity index (χ1v) is 9.55. The summed E-state index contributed by atoms with van der Waals surface area (Å²) >= 11 is 1.63. The number of carbonyl (C=O) groups is 1. The molecule has 4 rings (SSSR count). The van der Waals surface area contributed by atoms with Gasteiger partial charge in [-0.25, -0.2) is 4.98 Å². The minimum Gasteiger partial charge on any atom is -0.342 e. The maximum Gasteiger partial charge on any atom is 0.227 e. The zero-order valence-corrected chi connectivity index (χ0v) is 15.1. The average Bonchev–Trinajstić information content (AvgIpc) is 3.35. The van der Waals surface area contributed by atoms with Gasteiger partial charge in [0, 0.05) is 36.8 Å². The van der Waals surface area contributed by atoms with Gasteiger partial charge < -0.3 is 9.42 Å². The molecule has 1 aliphatic rings. The number of piperidine rings is 1. The molecule has 0 spiro atoms. The van der Waals surface area contributed by atoms with E-state index in [2.05, 4.69) is 20.1 Å². The second-order valence-electron chi connectivity index (χ2n) is 6.41. The van der Waals surface area contributed by atoms with Crippen LogP contribution < -0.4 is 0 Å². The van der Waals surface area contributed by atoms with E-state index >= 15 is 0 Å². The summed E-state index contributed by atoms with van der Waals surface area (Å²) in [7, 11) is 0. The number of rotatable bonds is 5. The Morgan fingerprint density at radius 3 is 3.15 bits per heavy atom. The van der Waals surface area contributed by atoms with Crippen molar-refractivity contribution in [1.29, 1.82) is 0 Å². The molecular weight excluding hydrogens is 350 g/mol. The molecule has 0 radical (unpaired) electrons. The molecular formula is C18H19N5O2S. The predicted octanol–water partition coefficient (Wildman–Crippen LogP) is 2.61. The zero-order chi connectivity index (χ0) is 17.8. The highest BCUT2D eigenvalue weighted by Gasteiger charge is 2.25. The third-order valence-corrected chi connectivity index (χ3v) is 5.38. The molecule has 7 nitrogen and oxygen atoms in total. The van der Waals surface area contributed by atoms with Crippen LogP contribution in [-0.4, -0.2) is 44.0 Å². The molecule has 4 heterocycles. The van der Waals surface area contributed by atoms with Crippen molar-refractivity contribution < 1.29 is 9.32 Å². The van der Waals surface area contributed by atoms with Crippen molar-refractivity contribution in [2.24, 2.45) is 5.92 Å². The maximum absolute atomic E-state index is 12.5. The van der Waals surface area contributed by atoms with Gasteiger partial charge in [-0.1, -0.05) is 11.2 Å². The molecule has 1 atom stereocenters. The molecule has 1 fully saturated rings. The normalized spacial score (nSPS) is 17.4. The van der Waals surface area contributed by atoms with Crippen LogP contribution in [0.5, 0.6) is 0 Å². The van der Waals surface area contributed by atoms with E-state index in [-0.39, 0.29) is 5.91 Å². The molecule has 1 saturated heterocycles. The number of hydrogen-bond donors (Lipinski definition) is 0. The van der Waals surface area contributed by atoms with Gasteiger partial charge >= 0.3 is 0 Å². The van der Waals surface area contributed by atoms with E-state index in [1.807, 2.05) is 22.4 Å². The van der Waals surface area contributed by atoms with E-state index < -0.39 is 0 Å². The van der Waals surface area contributed by atoms with E-state index in [9.17, 15) is 4.79 Å². The summed E-state index contributed by atoms with van der Waals surface area (Å²) in [6.07, 6.45) is 8.05. The SMILES string of the molecule is O=C(Cc1cccs1)N1CCC[C@H](Cc2nc(-c3cnccn3)no2)C1. The Morgan fingerprint density at radius 2 is 2.35 bits per heavy atom. The molecule has 0 bridgehead atoms. The molecule has 134 valence electrons. The van der Waals surface area contributed by atoms with Crippen molar-refractivity contribution in [1.82, 2.24) is 25.0 Å². The highest BCUT2D eigenvalue weighted by Crippen LogP contribution is 2.22. The third-order valence-electron chi connectivity index (χ3n) is 4.50. The summed E-state index contributed by atoms with van der Waals surface area (Å²) in [6, 6.07) is 3.99. The fraction of sp³-hybridized carbons (Fsp3) is 0.389. The van der Waals surface area contributed by atoms with Gasteiger partial charge in [0.05, 0.1) is 12.6 Å². The highest BCUT2D eigenvalue weighted by molar-refractivity contribution is 7.10. The van der Waals surface area contributed by atoms with Crippen molar-refractivity contribution in [3.8, 4) is 11.5 Å². The smallest absolute Gasteiger partial charge is 0.227 e. The molecule has 0 saturated carbocycles. The summed E-state index contributed by atoms with van der Waals surface area (Å²) in [6.45, 7) is 1.57. The van der Waals surface area contributed by atoms with Gasteiger partial charge in [0.1, 0.15) is 5.69 Å². The van der Waals surface area contributed by atoms with Crippen molar-refractivity contribution in [3.63, 3.8) is 0 Å². The van der Waals surface area contributed by atoms with Crippen molar-refractivity contribution >= 4 is 17.2 Å². The van der Waals surface area contributed by atoms with Crippen LogP contribution in [0.3, 0.4) is 0 Å². The molecule has 0 unspecified atom stereocenters. The Morgan fingerprint density at radius 1 is 1.38 bits per heavy atom. The first-order chi connectivity index (χ1) is 12.8. The Bertz CT molecular complexity index is 850. The van der Waals surface area contributed by atoms with Gasteiger partial charge in [0.25, 0.3) is 0 Å². The molecule has 3 aromatic heterocycles. The van der Waals surface area contributed by atoms with Gasteiger partial charge in [-0.2, -0.15) is 4.98 Å². The van der Waals surface area contributed by atoms with Crippen LogP contribution in [0.2, 0.25) is 0 Å². The van der Waals surface area contributed by atoms with Crippen LogP contribution in [0, 0.1) is 5.92 Å². The molecule has 0 aliphatic carbocycles. The molecule has 8 heteroatoms. The number of aromatic nitrogens is 4. The maximum atomic E-state index is 12.5. The lowest BCUT2D eigenvalue weighted by atomic mass is 9.94. The Labute approximate surface area is 155 Å². The Hall–Kier alpha value is -2.61. The average molecular weight is 369 g/mol. The second-order valence-corrected chi connectivity index (χ2v) is 7.44. The topological polar surface area (TPSA) is 85.0 Å². The van der Waals surface area contributed by atoms with Crippen LogP contribution in [0.4, 0.5) is 0 Å². The van der Waals surface area contributed by atoms with E-state index in [0.717, 1.165) is 30.8 Å². The molecule has 0 N–H and O–H groups in total. The standard InChI is InChI=1S/C18H19N5O2S/c24-17(10-14-4-2-8-26-14)23-7-1-3-13(12-23)9-16-21-18(22-25-16)15-11-19-5-6-20-15/h2,4-6,8,11,13H,1,3,7,9-10,12H2/t13-/m1/s1. The number of carbonyl (C=O) groups excluding carboxylic acids is 1. The minimum absolute atomic E-state index is 0.197. The molecule has 1 aliphatic heterocycles. The summed E-state index contributed by atoms with van der Waals surface area (Å²) in [4.78, 5) is 28.2. The first-order valence-electron chi connectivity index (χ1n) is 8.67. The summed E-state index contributed by atoms with van der Waals surface area (Å²) in [5, 5.41) is 5.99. The molecule has 0 aromatic carbocycles. The van der Waals surface area contributed by atoms with E-state index in [1.165, 1.54) is 0 Å². The van der Waals surface area contributed by atoms with Crippen LogP contribution in [0.15, 0.2) is 40.6 Å². The number of amides is 1. The van der Waals surface area contributed by atoms with Gasteiger partial charge in [-0.15, -0.1) is 11.3 Å². The van der Waals surface area contributed by atoms with Crippen LogP contribution in [-0.2, 0) is 17.6 Å². The largest absolute Gasteiger partial charge is 0.342 e. The van der Waals surface area contributed by atoms with Crippen molar-refractivity contribution in [3.05, 3.63) is 46.9 Å². The van der Waals surface area contributed by atoms with Crippen LogP contribution in [0.1, 0.15) is 23.6 Å². The van der Waals surface area contributed by atoms with E-state index in [1.54, 1.807) is 29.9 Å². The van der Waals surface area contributed by atoms with Crippen molar-refractivity contribution in [2.45, 2.75) is 25.7 Å². The monoisotopic (exact) mass is 369 g/mol. The fourth-order valence-electron chi connectivity index (χ4n) is 3.24. The Balaban J connectivity index is 1.36. The van der Waals surface area contributed by atoms with Gasteiger partial charge in [0.15, 0.2) is 0 Å². The number of nitrogens with zero attached hydrogens (tertiary/aromatic N) is 5. The van der Waals surface area contributed by atoms with Gasteiger partial charge in [0.2, 0.25) is 17.6 Å². The number of thiophene rings is 1. The van der Waals surface area contributed by atoms with E-state index in [0.29, 0.717) is 36.2 Å². The second kappa shape index (κ2) is 7.74. The fourth-order valence-corrected chi connectivity index (χ4v) is 3.93. The van der Waals surface area contributed by atoms with Crippen LogP contribution in [0.25, 0.3) is 11.5 Å². The quantitative estimate of drug-likeness (QED) is 0.687. The molecule has 26 heavy (non-hydrogen) atoms. The molecule has 3 aromatic rings. The van der Waals surface area contributed by atoms with E-state index in [4.69, 9.17) is 4.52 Å². The molecule has 1 amide bonds. The lowest BCUT2D eigenvalue weighted by Gasteiger charge is -2.32. The Kier molecular flexibility index (Phi) is 5.01. The van der Waals surface area contributed by atoms with Crippen LogP contribution >= 0.6 is 11.3 Å². The highest BCUT2D eigenvalue weighted by atomic mass is 32.1. The summed E-state index contributed by atoms with van der Waals surface area (Å²) < 4.78 is 5.37. The summed E-state index contributed by atoms with van der Waals surface area (Å²) in [5.74, 6) is 1.58. The van der Waals surface area contributed by atoms with Crippen molar-refractivity contribution in [2.75, 3.05) is 13.1 Å². The third kappa shape index (κ3) is 3.96. The lowest BCUT2D eigenvalue weighted by molar-refractivity contribution is -0.132. The number of likely N-dealkylation sites (tertiary alicyclic amines) is 1. The predicted molar refractivity (Wildman–Crippen MR) is 96.4 cm³/mol.